The monoisotopic (exact) mass is 327 g/mol. The van der Waals surface area contributed by atoms with Crippen LogP contribution in [0.1, 0.15) is 5.56 Å². The second-order valence-corrected chi connectivity index (χ2v) is 5.67. The molecule has 0 unspecified atom stereocenters. The lowest BCUT2D eigenvalue weighted by Gasteiger charge is -2.08. The van der Waals surface area contributed by atoms with Crippen LogP contribution in [-0.2, 0) is 13.1 Å². The van der Waals surface area contributed by atoms with Crippen molar-refractivity contribution < 1.29 is 0 Å². The maximum Gasteiger partial charge on any atom is 0.330 e. The molecule has 3 aromatic rings. The van der Waals surface area contributed by atoms with Gasteiger partial charge in [0, 0.05) is 18.0 Å². The Bertz CT molecular complexity index is 838. The summed E-state index contributed by atoms with van der Waals surface area (Å²) in [5.74, 6) is 0.797. The van der Waals surface area contributed by atoms with Crippen molar-refractivity contribution in [2.75, 3.05) is 11.6 Å². The highest BCUT2D eigenvalue weighted by Gasteiger charge is 2.18. The Balaban J connectivity index is 2.16. The van der Waals surface area contributed by atoms with Crippen molar-refractivity contribution in [3.8, 4) is 11.3 Å². The minimum Gasteiger partial charge on any atom is -0.383 e. The smallest absolute Gasteiger partial charge is 0.330 e. The Labute approximate surface area is 139 Å². The molecule has 0 aliphatic carbocycles. The van der Waals surface area contributed by atoms with Crippen LogP contribution < -0.4 is 11.4 Å². The van der Waals surface area contributed by atoms with Crippen LogP contribution >= 0.6 is 11.6 Å². The van der Waals surface area contributed by atoms with E-state index in [1.165, 1.54) is 4.57 Å². The molecule has 4 nitrogen and oxygen atoms in total. The van der Waals surface area contributed by atoms with Gasteiger partial charge in [0.1, 0.15) is 5.82 Å². The summed E-state index contributed by atoms with van der Waals surface area (Å²) in [4.78, 5) is 12.8. The van der Waals surface area contributed by atoms with Crippen LogP contribution in [0.25, 0.3) is 11.3 Å². The second kappa shape index (κ2) is 6.75. The zero-order chi connectivity index (χ0) is 16.2. The van der Waals surface area contributed by atoms with Gasteiger partial charge in [-0.05, 0) is 5.56 Å². The van der Waals surface area contributed by atoms with E-state index in [9.17, 15) is 4.79 Å². The summed E-state index contributed by atoms with van der Waals surface area (Å²) in [6.07, 6.45) is 0. The van der Waals surface area contributed by atoms with Gasteiger partial charge in [0.2, 0.25) is 0 Å². The van der Waals surface area contributed by atoms with E-state index in [2.05, 4.69) is 0 Å². The van der Waals surface area contributed by atoms with Gasteiger partial charge in [0.15, 0.2) is 0 Å². The van der Waals surface area contributed by atoms with E-state index in [1.54, 1.807) is 4.57 Å². The van der Waals surface area contributed by atoms with Crippen LogP contribution in [0.15, 0.2) is 65.5 Å². The van der Waals surface area contributed by atoms with Crippen LogP contribution in [0, 0.1) is 0 Å². The average Bonchev–Trinajstić information content (AvgIpc) is 2.81. The van der Waals surface area contributed by atoms with E-state index in [1.807, 2.05) is 60.7 Å². The quantitative estimate of drug-likeness (QED) is 0.732. The summed E-state index contributed by atoms with van der Waals surface area (Å²) >= 11 is 5.82. The summed E-state index contributed by atoms with van der Waals surface area (Å²) in [5, 5.41) is 0. The Morgan fingerprint density at radius 2 is 1.52 bits per heavy atom. The number of imidazole rings is 1. The molecule has 0 atom stereocenters. The molecule has 1 aromatic heterocycles. The number of nitrogen functional groups attached to an aromatic ring is 1. The van der Waals surface area contributed by atoms with Crippen LogP contribution in [0.3, 0.4) is 0 Å². The molecule has 0 saturated carbocycles. The molecule has 0 spiro atoms. The van der Waals surface area contributed by atoms with Gasteiger partial charge in [-0.3, -0.25) is 9.13 Å². The summed E-state index contributed by atoms with van der Waals surface area (Å²) in [5.41, 5.74) is 8.84. The van der Waals surface area contributed by atoms with Crippen LogP contribution in [0.4, 0.5) is 5.82 Å². The summed E-state index contributed by atoms with van der Waals surface area (Å²) in [6, 6.07) is 19.6. The van der Waals surface area contributed by atoms with Crippen LogP contribution in [0.5, 0.6) is 0 Å². The minimum absolute atomic E-state index is 0.133. The van der Waals surface area contributed by atoms with Crippen molar-refractivity contribution in [2.45, 2.75) is 13.1 Å². The fourth-order valence-corrected chi connectivity index (χ4v) is 2.89. The summed E-state index contributed by atoms with van der Waals surface area (Å²) in [6.45, 7) is 0.872. The highest BCUT2D eigenvalue weighted by Crippen LogP contribution is 2.25. The Morgan fingerprint density at radius 3 is 2.13 bits per heavy atom. The lowest BCUT2D eigenvalue weighted by Crippen LogP contribution is -2.26. The predicted molar refractivity (Wildman–Crippen MR) is 94.8 cm³/mol. The van der Waals surface area contributed by atoms with Crippen molar-refractivity contribution in [1.82, 2.24) is 9.13 Å². The molecule has 0 aliphatic rings. The molecule has 0 saturated heterocycles. The molecule has 0 aliphatic heterocycles. The Hall–Kier alpha value is -2.46. The zero-order valence-corrected chi connectivity index (χ0v) is 13.4. The topological polar surface area (TPSA) is 52.9 Å². The first kappa shape index (κ1) is 15.4. The molecule has 0 radical (unpaired) electrons. The molecule has 5 heteroatoms. The lowest BCUT2D eigenvalue weighted by molar-refractivity contribution is 0.677. The van der Waals surface area contributed by atoms with Crippen molar-refractivity contribution in [3.05, 3.63) is 76.7 Å². The van der Waals surface area contributed by atoms with Gasteiger partial charge < -0.3 is 5.73 Å². The third kappa shape index (κ3) is 3.03. The molecule has 2 aromatic carbocycles. The normalized spacial score (nSPS) is 10.8. The van der Waals surface area contributed by atoms with Gasteiger partial charge >= 0.3 is 5.69 Å². The molecule has 0 amide bonds. The number of anilines is 1. The molecular formula is C18H18ClN3O. The van der Waals surface area contributed by atoms with Gasteiger partial charge in [-0.2, -0.15) is 0 Å². The number of alkyl halides is 1. The van der Waals surface area contributed by atoms with Crippen molar-refractivity contribution in [3.63, 3.8) is 0 Å². The van der Waals surface area contributed by atoms with Gasteiger partial charge in [0.05, 0.1) is 12.2 Å². The number of nitrogens with zero attached hydrogens (tertiary/aromatic N) is 2. The van der Waals surface area contributed by atoms with Gasteiger partial charge in [0.25, 0.3) is 0 Å². The van der Waals surface area contributed by atoms with Crippen LogP contribution in [0.2, 0.25) is 0 Å². The number of aromatic nitrogens is 2. The van der Waals surface area contributed by atoms with Gasteiger partial charge in [-0.15, -0.1) is 11.6 Å². The largest absolute Gasteiger partial charge is 0.383 e. The van der Waals surface area contributed by atoms with Crippen molar-refractivity contribution in [1.29, 1.82) is 0 Å². The fourth-order valence-electron chi connectivity index (χ4n) is 2.72. The van der Waals surface area contributed by atoms with E-state index >= 15 is 0 Å². The van der Waals surface area contributed by atoms with E-state index in [0.29, 0.717) is 24.8 Å². The maximum atomic E-state index is 12.8. The highest BCUT2D eigenvalue weighted by atomic mass is 35.5. The first-order valence-electron chi connectivity index (χ1n) is 7.46. The summed E-state index contributed by atoms with van der Waals surface area (Å²) < 4.78 is 3.25. The molecule has 118 valence electrons. The van der Waals surface area contributed by atoms with E-state index in [0.717, 1.165) is 16.8 Å². The molecule has 2 N–H and O–H groups in total. The third-order valence-electron chi connectivity index (χ3n) is 3.80. The Morgan fingerprint density at radius 1 is 0.913 bits per heavy atom. The number of nitrogens with two attached hydrogens (primary N) is 1. The summed E-state index contributed by atoms with van der Waals surface area (Å²) in [7, 11) is 0. The third-order valence-corrected chi connectivity index (χ3v) is 3.97. The number of benzene rings is 2. The van der Waals surface area contributed by atoms with E-state index < -0.39 is 0 Å². The maximum absolute atomic E-state index is 12.8. The first-order chi connectivity index (χ1) is 11.2. The Kier molecular flexibility index (Phi) is 4.53. The van der Waals surface area contributed by atoms with Crippen molar-refractivity contribution in [2.24, 2.45) is 0 Å². The lowest BCUT2D eigenvalue weighted by atomic mass is 10.1. The molecule has 0 fully saturated rings. The number of hydrogen-bond acceptors (Lipinski definition) is 2. The molecule has 1 heterocycles. The molecular weight excluding hydrogens is 310 g/mol. The van der Waals surface area contributed by atoms with Crippen LogP contribution in [-0.4, -0.2) is 15.0 Å². The van der Waals surface area contributed by atoms with Gasteiger partial charge in [-0.25, -0.2) is 4.79 Å². The number of halogens is 1. The molecule has 0 bridgehead atoms. The minimum atomic E-state index is -0.133. The van der Waals surface area contributed by atoms with Crippen molar-refractivity contribution >= 4 is 17.4 Å². The van der Waals surface area contributed by atoms with E-state index in [4.69, 9.17) is 17.3 Å². The second-order valence-electron chi connectivity index (χ2n) is 5.29. The number of rotatable bonds is 5. The average molecular weight is 328 g/mol. The van der Waals surface area contributed by atoms with Gasteiger partial charge in [-0.1, -0.05) is 60.7 Å². The fraction of sp³-hybridized carbons (Fsp3) is 0.167. The predicted octanol–water partition coefficient (Wildman–Crippen LogP) is 3.19. The highest BCUT2D eigenvalue weighted by molar-refractivity contribution is 6.17. The number of hydrogen-bond donors (Lipinski definition) is 1. The van der Waals surface area contributed by atoms with E-state index in [-0.39, 0.29) is 5.69 Å². The molecule has 23 heavy (non-hydrogen) atoms. The first-order valence-corrected chi connectivity index (χ1v) is 8.00. The SMILES string of the molecule is Nc1c(-c2ccccc2)n(Cc2ccccc2)c(=O)n1CCCl. The molecule has 3 rings (SSSR count). The standard InChI is InChI=1S/C18H18ClN3O/c19-11-12-21-17(20)16(15-9-5-2-6-10-15)22(18(21)23)13-14-7-3-1-4-8-14/h1-10H,11-13,20H2. The zero-order valence-electron chi connectivity index (χ0n) is 12.7.